The van der Waals surface area contributed by atoms with Crippen molar-refractivity contribution in [2.75, 3.05) is 19.7 Å². The monoisotopic (exact) mass is 225 g/mol. The largest absolute Gasteiger partial charge is 0.395 e. The summed E-state index contributed by atoms with van der Waals surface area (Å²) in [6, 6.07) is 0.316. The summed E-state index contributed by atoms with van der Waals surface area (Å²) < 4.78 is 0. The van der Waals surface area contributed by atoms with Gasteiger partial charge in [-0.2, -0.15) is 0 Å². The first kappa shape index (κ1) is 12.1. The molecule has 0 unspecified atom stereocenters. The van der Waals surface area contributed by atoms with Crippen LogP contribution in [0.5, 0.6) is 0 Å². The molecule has 0 aromatic carbocycles. The molecule has 16 heavy (non-hydrogen) atoms. The second-order valence-corrected chi connectivity index (χ2v) is 5.24. The number of aliphatic hydroxyl groups excluding tert-OH is 1. The number of hydrogen-bond acceptors (Lipinski definition) is 3. The molecule has 2 aliphatic rings. The molecular weight excluding hydrogens is 202 g/mol. The summed E-state index contributed by atoms with van der Waals surface area (Å²) >= 11 is 0. The highest BCUT2D eigenvalue weighted by Gasteiger charge is 2.29. The fraction of sp³-hybridized carbons (Fsp3) is 0.923. The highest BCUT2D eigenvalue weighted by Crippen LogP contribution is 2.24. The van der Waals surface area contributed by atoms with Gasteiger partial charge < -0.3 is 5.11 Å². The summed E-state index contributed by atoms with van der Waals surface area (Å²) in [6.45, 7) is 2.21. The Balaban J connectivity index is 1.89. The normalized spacial score (nSPS) is 32.9. The molecule has 0 aromatic rings. The van der Waals surface area contributed by atoms with E-state index >= 15 is 0 Å². The van der Waals surface area contributed by atoms with Crippen LogP contribution in [0.1, 0.15) is 44.9 Å². The van der Waals surface area contributed by atoms with Crippen LogP contribution in [0.2, 0.25) is 0 Å². The molecule has 92 valence electrons. The lowest BCUT2D eigenvalue weighted by Gasteiger charge is -2.26. The summed E-state index contributed by atoms with van der Waals surface area (Å²) in [7, 11) is 0. The molecular formula is C13H23NO2. The smallest absolute Gasteiger partial charge is 0.137 e. The number of likely N-dealkylation sites (tertiary alicyclic amines) is 1. The van der Waals surface area contributed by atoms with Crippen LogP contribution in [0.15, 0.2) is 0 Å². The van der Waals surface area contributed by atoms with Crippen LogP contribution < -0.4 is 0 Å². The van der Waals surface area contributed by atoms with Gasteiger partial charge in [-0.15, -0.1) is 0 Å². The molecule has 0 aromatic heterocycles. The van der Waals surface area contributed by atoms with E-state index in [1.807, 2.05) is 0 Å². The predicted octanol–water partition coefficient (Wildman–Crippen LogP) is 1.59. The molecule has 2 fully saturated rings. The Hall–Kier alpha value is -0.410. The van der Waals surface area contributed by atoms with Crippen LogP contribution >= 0.6 is 0 Å². The maximum Gasteiger partial charge on any atom is 0.137 e. The van der Waals surface area contributed by atoms with Crippen molar-refractivity contribution in [2.45, 2.75) is 51.0 Å². The maximum atomic E-state index is 11.9. The van der Waals surface area contributed by atoms with Crippen LogP contribution in [0.3, 0.4) is 0 Å². The fourth-order valence-corrected chi connectivity index (χ4v) is 3.05. The van der Waals surface area contributed by atoms with E-state index in [-0.39, 0.29) is 12.5 Å². The minimum Gasteiger partial charge on any atom is -0.395 e. The van der Waals surface area contributed by atoms with Gasteiger partial charge in [0.25, 0.3) is 0 Å². The number of carbonyl (C=O) groups is 1. The first-order valence-corrected chi connectivity index (χ1v) is 6.69. The molecule has 1 saturated heterocycles. The molecule has 0 spiro atoms. The third-order valence-electron chi connectivity index (χ3n) is 4.10. The number of ketones is 1. The van der Waals surface area contributed by atoms with E-state index in [2.05, 4.69) is 4.90 Å². The highest BCUT2D eigenvalue weighted by molar-refractivity contribution is 5.81. The molecule has 0 amide bonds. The molecule has 1 saturated carbocycles. The lowest BCUT2D eigenvalue weighted by atomic mass is 9.98. The lowest BCUT2D eigenvalue weighted by molar-refractivity contribution is -0.123. The van der Waals surface area contributed by atoms with Crippen LogP contribution in [0, 0.1) is 5.92 Å². The molecule has 1 heterocycles. The summed E-state index contributed by atoms with van der Waals surface area (Å²) in [6.07, 6.45) is 7.61. The maximum absolute atomic E-state index is 11.9. The second-order valence-electron chi connectivity index (χ2n) is 5.24. The van der Waals surface area contributed by atoms with Crippen molar-refractivity contribution < 1.29 is 9.90 Å². The van der Waals surface area contributed by atoms with E-state index in [0.29, 0.717) is 11.8 Å². The van der Waals surface area contributed by atoms with Gasteiger partial charge in [0.2, 0.25) is 0 Å². The van der Waals surface area contributed by atoms with Crippen molar-refractivity contribution in [3.63, 3.8) is 0 Å². The van der Waals surface area contributed by atoms with E-state index < -0.39 is 0 Å². The van der Waals surface area contributed by atoms with Gasteiger partial charge in [-0.25, -0.2) is 0 Å². The number of hydrogen-bond donors (Lipinski definition) is 1. The van der Waals surface area contributed by atoms with E-state index in [1.165, 1.54) is 19.3 Å². The number of aliphatic hydroxyl groups is 1. The second kappa shape index (κ2) is 5.78. The number of nitrogens with zero attached hydrogens (tertiary/aromatic N) is 1. The molecule has 3 heteroatoms. The molecule has 3 nitrogen and oxygen atoms in total. The Kier molecular flexibility index (Phi) is 4.36. The van der Waals surface area contributed by atoms with Crippen LogP contribution in [-0.4, -0.2) is 41.5 Å². The summed E-state index contributed by atoms with van der Waals surface area (Å²) in [5.74, 6) is 0.704. The minimum absolute atomic E-state index is 0.245. The Morgan fingerprint density at radius 2 is 2.06 bits per heavy atom. The van der Waals surface area contributed by atoms with Gasteiger partial charge in [-0.05, 0) is 32.2 Å². The Bertz CT molecular complexity index is 242. The predicted molar refractivity (Wildman–Crippen MR) is 63.3 cm³/mol. The van der Waals surface area contributed by atoms with Crippen molar-refractivity contribution in [3.8, 4) is 0 Å². The molecule has 1 N–H and O–H groups in total. The Morgan fingerprint density at radius 1 is 1.19 bits per heavy atom. The Labute approximate surface area is 97.8 Å². The van der Waals surface area contributed by atoms with E-state index in [0.717, 1.165) is 38.8 Å². The van der Waals surface area contributed by atoms with Crippen molar-refractivity contribution >= 4 is 5.78 Å². The van der Waals surface area contributed by atoms with Crippen LogP contribution in [0.25, 0.3) is 0 Å². The SMILES string of the molecule is O=C1CCCCC[C@H]1CN1CCC[C@H]1CO. The molecule has 1 aliphatic heterocycles. The summed E-state index contributed by atoms with van der Waals surface area (Å²) in [5.41, 5.74) is 0. The van der Waals surface area contributed by atoms with Gasteiger partial charge in [0.05, 0.1) is 6.61 Å². The van der Waals surface area contributed by atoms with Gasteiger partial charge in [0.15, 0.2) is 0 Å². The standard InChI is InChI=1S/C13H23NO2/c15-10-12-6-4-8-14(12)9-11-5-2-1-3-7-13(11)16/h11-12,15H,1-10H2/t11-,12-/m0/s1. The fourth-order valence-electron chi connectivity index (χ4n) is 3.05. The van der Waals surface area contributed by atoms with Crippen LogP contribution in [0.4, 0.5) is 0 Å². The third kappa shape index (κ3) is 2.83. The number of Topliss-reactive ketones (excluding diaryl/α,β-unsaturated/α-hetero) is 1. The molecule has 2 atom stereocenters. The highest BCUT2D eigenvalue weighted by atomic mass is 16.3. The molecule has 0 bridgehead atoms. The van der Waals surface area contributed by atoms with Gasteiger partial charge in [0, 0.05) is 24.9 Å². The lowest BCUT2D eigenvalue weighted by Crippen LogP contribution is -2.38. The quantitative estimate of drug-likeness (QED) is 0.742. The average Bonchev–Trinajstić information content (AvgIpc) is 2.64. The minimum atomic E-state index is 0.245. The average molecular weight is 225 g/mol. The van der Waals surface area contributed by atoms with Gasteiger partial charge in [-0.3, -0.25) is 9.69 Å². The Morgan fingerprint density at radius 3 is 2.88 bits per heavy atom. The summed E-state index contributed by atoms with van der Waals surface area (Å²) in [5, 5.41) is 9.26. The van der Waals surface area contributed by atoms with Gasteiger partial charge in [-0.1, -0.05) is 12.8 Å². The zero-order valence-corrected chi connectivity index (χ0v) is 10.0. The van der Waals surface area contributed by atoms with Crippen molar-refractivity contribution in [3.05, 3.63) is 0 Å². The first-order chi connectivity index (χ1) is 7.81. The number of carbonyl (C=O) groups excluding carboxylic acids is 1. The first-order valence-electron chi connectivity index (χ1n) is 6.69. The summed E-state index contributed by atoms with van der Waals surface area (Å²) in [4.78, 5) is 14.2. The van der Waals surface area contributed by atoms with Gasteiger partial charge in [0.1, 0.15) is 5.78 Å². The van der Waals surface area contributed by atoms with E-state index in [4.69, 9.17) is 0 Å². The topological polar surface area (TPSA) is 40.5 Å². The molecule has 1 aliphatic carbocycles. The van der Waals surface area contributed by atoms with Crippen molar-refractivity contribution in [2.24, 2.45) is 5.92 Å². The zero-order chi connectivity index (χ0) is 11.4. The van der Waals surface area contributed by atoms with Crippen molar-refractivity contribution in [1.82, 2.24) is 4.90 Å². The van der Waals surface area contributed by atoms with E-state index in [1.54, 1.807) is 0 Å². The van der Waals surface area contributed by atoms with Crippen LogP contribution in [-0.2, 0) is 4.79 Å². The molecule has 0 radical (unpaired) electrons. The van der Waals surface area contributed by atoms with Gasteiger partial charge >= 0.3 is 0 Å². The number of rotatable bonds is 3. The van der Waals surface area contributed by atoms with Crippen molar-refractivity contribution in [1.29, 1.82) is 0 Å². The zero-order valence-electron chi connectivity index (χ0n) is 10.0. The third-order valence-corrected chi connectivity index (χ3v) is 4.10. The van der Waals surface area contributed by atoms with E-state index in [9.17, 15) is 9.90 Å². The molecule has 2 rings (SSSR count).